The standard InChI is InChI=1S/C23H38N2O8/c1-11-30-21(28)24(32-19(26)16(5)6)18(14-23(9,10)13-15(3)4)25(22(29)31-12-2)33-20(27)17(7)8/h15,18H,5,7,11-14H2,1-4,6,8-10H3. The molecule has 0 aliphatic heterocycles. The van der Waals surface area contributed by atoms with Crippen LogP contribution in [-0.2, 0) is 28.7 Å². The van der Waals surface area contributed by atoms with Gasteiger partial charge < -0.3 is 19.1 Å². The number of hydrogen-bond acceptors (Lipinski definition) is 8. The molecule has 0 aliphatic carbocycles. The van der Waals surface area contributed by atoms with Crippen LogP contribution >= 0.6 is 0 Å². The van der Waals surface area contributed by atoms with E-state index in [1.54, 1.807) is 13.8 Å². The fraction of sp³-hybridized carbons (Fsp3) is 0.652. The Hall–Kier alpha value is -3.04. The molecule has 0 aliphatic rings. The quantitative estimate of drug-likeness (QED) is 0.255. The van der Waals surface area contributed by atoms with E-state index in [0.29, 0.717) is 16.5 Å². The summed E-state index contributed by atoms with van der Waals surface area (Å²) in [7, 11) is 0. The maximum Gasteiger partial charge on any atom is 0.445 e. The van der Waals surface area contributed by atoms with Crippen LogP contribution in [0, 0.1) is 11.3 Å². The van der Waals surface area contributed by atoms with E-state index in [9.17, 15) is 19.2 Å². The van der Waals surface area contributed by atoms with Gasteiger partial charge in [0.2, 0.25) is 0 Å². The Morgan fingerprint density at radius 1 is 0.788 bits per heavy atom. The van der Waals surface area contributed by atoms with Gasteiger partial charge in [-0.1, -0.05) is 40.9 Å². The number of ether oxygens (including phenoxy) is 2. The van der Waals surface area contributed by atoms with Crippen molar-refractivity contribution in [2.75, 3.05) is 13.2 Å². The summed E-state index contributed by atoms with van der Waals surface area (Å²) >= 11 is 0. The summed E-state index contributed by atoms with van der Waals surface area (Å²) in [5.74, 6) is -1.59. The molecule has 0 atom stereocenters. The lowest BCUT2D eigenvalue weighted by Gasteiger charge is -2.39. The average molecular weight is 471 g/mol. The molecule has 188 valence electrons. The van der Waals surface area contributed by atoms with E-state index in [1.807, 2.05) is 27.7 Å². The summed E-state index contributed by atoms with van der Waals surface area (Å²) in [6.07, 6.45) is -2.78. The van der Waals surface area contributed by atoms with Crippen molar-refractivity contribution >= 4 is 24.1 Å². The molecule has 0 aromatic rings. The topological polar surface area (TPSA) is 112 Å². The van der Waals surface area contributed by atoms with Gasteiger partial charge in [-0.05, 0) is 51.9 Å². The van der Waals surface area contributed by atoms with Gasteiger partial charge in [-0.3, -0.25) is 0 Å². The summed E-state index contributed by atoms with van der Waals surface area (Å²) in [4.78, 5) is 60.8. The highest BCUT2D eigenvalue weighted by Gasteiger charge is 2.43. The molecule has 0 fully saturated rings. The SMILES string of the molecule is C=C(C)C(=O)ON(C(=O)OCC)C(CC(C)(C)CC(C)C)N(OC(=O)C(=C)C)C(=O)OCC. The number of carbonyl (C=O) groups is 4. The van der Waals surface area contributed by atoms with Crippen molar-refractivity contribution in [3.8, 4) is 0 Å². The van der Waals surface area contributed by atoms with E-state index >= 15 is 0 Å². The monoisotopic (exact) mass is 470 g/mol. The lowest BCUT2D eigenvalue weighted by molar-refractivity contribution is -0.251. The Bertz CT molecular complexity index is 695. The zero-order valence-corrected chi connectivity index (χ0v) is 21.1. The van der Waals surface area contributed by atoms with E-state index in [1.165, 1.54) is 13.8 Å². The van der Waals surface area contributed by atoms with E-state index in [4.69, 9.17) is 19.1 Å². The maximum absolute atomic E-state index is 12.8. The van der Waals surface area contributed by atoms with Gasteiger partial charge in [0.15, 0.2) is 6.17 Å². The molecule has 0 unspecified atom stereocenters. The number of amides is 2. The molecule has 0 radical (unpaired) electrons. The van der Waals surface area contributed by atoms with Gasteiger partial charge in [0, 0.05) is 11.1 Å². The Kier molecular flexibility index (Phi) is 12.3. The Balaban J connectivity index is 6.64. The summed E-state index contributed by atoms with van der Waals surface area (Å²) in [6, 6.07) is 0. The second-order valence-corrected chi connectivity index (χ2v) is 8.81. The predicted molar refractivity (Wildman–Crippen MR) is 121 cm³/mol. The highest BCUT2D eigenvalue weighted by molar-refractivity contribution is 5.88. The zero-order chi connectivity index (χ0) is 25.9. The number of rotatable bonds is 10. The average Bonchev–Trinajstić information content (AvgIpc) is 2.67. The van der Waals surface area contributed by atoms with Gasteiger partial charge in [-0.25, -0.2) is 19.2 Å². The first-order chi connectivity index (χ1) is 15.2. The number of nitrogens with zero attached hydrogens (tertiary/aromatic N) is 2. The molecule has 0 N–H and O–H groups in total. The molecule has 33 heavy (non-hydrogen) atoms. The van der Waals surface area contributed by atoms with Crippen molar-refractivity contribution in [2.45, 2.75) is 74.4 Å². The van der Waals surface area contributed by atoms with Gasteiger partial charge in [0.25, 0.3) is 0 Å². The minimum Gasteiger partial charge on any atom is -0.448 e. The Morgan fingerprint density at radius 3 is 1.42 bits per heavy atom. The molecule has 0 heterocycles. The predicted octanol–water partition coefficient (Wildman–Crippen LogP) is 4.76. The smallest absolute Gasteiger partial charge is 0.445 e. The second kappa shape index (κ2) is 13.5. The minimum absolute atomic E-state index is 0.00565. The van der Waals surface area contributed by atoms with Crippen molar-refractivity contribution in [2.24, 2.45) is 11.3 Å². The Morgan fingerprint density at radius 2 is 1.15 bits per heavy atom. The van der Waals surface area contributed by atoms with Gasteiger partial charge in [0.1, 0.15) is 0 Å². The van der Waals surface area contributed by atoms with Crippen molar-refractivity contribution < 1.29 is 38.3 Å². The van der Waals surface area contributed by atoms with Crippen molar-refractivity contribution in [1.29, 1.82) is 0 Å². The fourth-order valence-electron chi connectivity index (χ4n) is 3.09. The number of carbonyl (C=O) groups excluding carboxylic acids is 4. The van der Waals surface area contributed by atoms with Crippen LogP contribution in [0.5, 0.6) is 0 Å². The van der Waals surface area contributed by atoms with Gasteiger partial charge >= 0.3 is 24.1 Å². The summed E-state index contributed by atoms with van der Waals surface area (Å²) in [5, 5.41) is 1.15. The maximum atomic E-state index is 12.8. The van der Waals surface area contributed by atoms with Crippen LogP contribution in [0.15, 0.2) is 24.3 Å². The number of hydroxylamine groups is 4. The second-order valence-electron chi connectivity index (χ2n) is 8.81. The lowest BCUT2D eigenvalue weighted by atomic mass is 9.80. The van der Waals surface area contributed by atoms with E-state index < -0.39 is 35.7 Å². The van der Waals surface area contributed by atoms with Crippen LogP contribution in [0.25, 0.3) is 0 Å². The molecule has 0 saturated heterocycles. The molecule has 0 aromatic heterocycles. The normalized spacial score (nSPS) is 11.0. The third-order valence-electron chi connectivity index (χ3n) is 4.19. The highest BCUT2D eigenvalue weighted by Crippen LogP contribution is 2.34. The highest BCUT2D eigenvalue weighted by atomic mass is 16.8. The third-order valence-corrected chi connectivity index (χ3v) is 4.19. The first-order valence-electron chi connectivity index (χ1n) is 10.8. The fourth-order valence-corrected chi connectivity index (χ4v) is 3.09. The van der Waals surface area contributed by atoms with Gasteiger partial charge in [0.05, 0.1) is 13.2 Å². The molecule has 0 rings (SSSR count). The molecule has 10 nitrogen and oxygen atoms in total. The summed E-state index contributed by atoms with van der Waals surface area (Å²) < 4.78 is 10.1. The first kappa shape index (κ1) is 30.0. The molecule has 10 heteroatoms. The van der Waals surface area contributed by atoms with Crippen LogP contribution < -0.4 is 0 Å². The molecule has 0 spiro atoms. The van der Waals surface area contributed by atoms with Crippen LogP contribution in [0.4, 0.5) is 9.59 Å². The Labute approximate surface area is 196 Å². The number of hydrogen-bond donors (Lipinski definition) is 0. The van der Waals surface area contributed by atoms with E-state index in [0.717, 1.165) is 0 Å². The van der Waals surface area contributed by atoms with Gasteiger partial charge in [-0.2, -0.15) is 0 Å². The molecule has 0 saturated carbocycles. The third kappa shape index (κ3) is 10.4. The summed E-state index contributed by atoms with van der Waals surface area (Å²) in [5.41, 5.74) is -0.489. The van der Waals surface area contributed by atoms with E-state index in [-0.39, 0.29) is 36.7 Å². The molecule has 0 bridgehead atoms. The molecular weight excluding hydrogens is 432 g/mol. The lowest BCUT2D eigenvalue weighted by Crippen LogP contribution is -2.56. The zero-order valence-electron chi connectivity index (χ0n) is 21.1. The van der Waals surface area contributed by atoms with E-state index in [2.05, 4.69) is 13.2 Å². The van der Waals surface area contributed by atoms with Crippen molar-refractivity contribution in [1.82, 2.24) is 10.1 Å². The van der Waals surface area contributed by atoms with Crippen LogP contribution in [0.1, 0.15) is 68.2 Å². The van der Waals surface area contributed by atoms with Crippen LogP contribution in [0.2, 0.25) is 0 Å². The van der Waals surface area contributed by atoms with Gasteiger partial charge in [-0.15, -0.1) is 10.1 Å². The largest absolute Gasteiger partial charge is 0.448 e. The first-order valence-corrected chi connectivity index (χ1v) is 10.8. The van der Waals surface area contributed by atoms with Crippen molar-refractivity contribution in [3.05, 3.63) is 24.3 Å². The van der Waals surface area contributed by atoms with Crippen LogP contribution in [-0.4, -0.2) is 53.6 Å². The van der Waals surface area contributed by atoms with Crippen molar-refractivity contribution in [3.63, 3.8) is 0 Å². The van der Waals surface area contributed by atoms with Crippen LogP contribution in [0.3, 0.4) is 0 Å². The molecule has 0 aromatic carbocycles. The minimum atomic E-state index is -1.40. The molecule has 2 amide bonds. The molecular formula is C23H38N2O8. The summed E-state index contributed by atoms with van der Waals surface area (Å²) in [6.45, 7) is 20.7.